The van der Waals surface area contributed by atoms with Crippen LogP contribution in [0, 0.1) is 0 Å². The third-order valence-corrected chi connectivity index (χ3v) is 3.35. The molecule has 1 aliphatic rings. The molecule has 6 nitrogen and oxygen atoms in total. The molecule has 0 bridgehead atoms. The molecule has 1 aromatic heterocycles. The zero-order valence-electron chi connectivity index (χ0n) is 10.9. The predicted molar refractivity (Wildman–Crippen MR) is 72.3 cm³/mol. The van der Waals surface area contributed by atoms with E-state index in [0.29, 0.717) is 30.8 Å². The van der Waals surface area contributed by atoms with Gasteiger partial charge in [-0.3, -0.25) is 14.8 Å². The molecule has 104 valence electrons. The molecule has 0 spiro atoms. The zero-order valence-corrected chi connectivity index (χ0v) is 10.9. The number of aliphatic hydroxyl groups is 1. The molecule has 6 heteroatoms. The van der Waals surface area contributed by atoms with E-state index in [1.54, 1.807) is 35.5 Å². The minimum atomic E-state index is -0.298. The van der Waals surface area contributed by atoms with Crippen molar-refractivity contribution in [3.8, 4) is 0 Å². The van der Waals surface area contributed by atoms with E-state index in [1.165, 1.54) is 0 Å². The Morgan fingerprint density at radius 2 is 2.15 bits per heavy atom. The predicted octanol–water partition coefficient (Wildman–Crippen LogP) is 0.463. The van der Waals surface area contributed by atoms with E-state index in [2.05, 4.69) is 9.97 Å². The van der Waals surface area contributed by atoms with Crippen LogP contribution < -0.4 is 0 Å². The van der Waals surface area contributed by atoms with Crippen molar-refractivity contribution in [2.45, 2.75) is 6.10 Å². The van der Waals surface area contributed by atoms with Crippen LogP contribution in [0.2, 0.25) is 0 Å². The molecule has 20 heavy (non-hydrogen) atoms. The summed E-state index contributed by atoms with van der Waals surface area (Å²) >= 11 is 0. The van der Waals surface area contributed by atoms with Gasteiger partial charge in [0, 0.05) is 31.0 Å². The second-order valence-corrected chi connectivity index (χ2v) is 4.69. The van der Waals surface area contributed by atoms with E-state index >= 15 is 0 Å². The van der Waals surface area contributed by atoms with Crippen LogP contribution >= 0.6 is 0 Å². The largest absolute Gasteiger partial charge is 0.394 e. The van der Waals surface area contributed by atoms with Gasteiger partial charge >= 0.3 is 0 Å². The Hall–Kier alpha value is -2.05. The molecule has 1 unspecified atom stereocenters. The molecular formula is C14H15N3O3. The number of ether oxygens (including phenoxy) is 1. The highest BCUT2D eigenvalue weighted by Crippen LogP contribution is 2.15. The first-order chi connectivity index (χ1) is 9.78. The van der Waals surface area contributed by atoms with Crippen molar-refractivity contribution in [3.05, 3.63) is 36.2 Å². The summed E-state index contributed by atoms with van der Waals surface area (Å²) in [7, 11) is 0. The van der Waals surface area contributed by atoms with Crippen LogP contribution in [0.5, 0.6) is 0 Å². The normalized spacial score (nSPS) is 19.2. The molecule has 0 radical (unpaired) electrons. The average Bonchev–Trinajstić information content (AvgIpc) is 2.53. The standard InChI is InChI=1S/C14H15N3O3/c18-9-11-8-17(5-6-20-11)14(19)10-1-2-12-13(7-10)16-4-3-15-12/h1-4,7,11,18H,5-6,8-9H2. The molecule has 1 amide bonds. The Kier molecular flexibility index (Phi) is 3.58. The third-order valence-electron chi connectivity index (χ3n) is 3.35. The fourth-order valence-electron chi connectivity index (χ4n) is 2.29. The molecule has 2 aromatic rings. The number of fused-ring (bicyclic) bond motifs is 1. The Morgan fingerprint density at radius 1 is 1.35 bits per heavy atom. The van der Waals surface area contributed by atoms with Gasteiger partial charge in [-0.05, 0) is 18.2 Å². The number of hydrogen-bond donors (Lipinski definition) is 1. The van der Waals surface area contributed by atoms with Gasteiger partial charge in [-0.2, -0.15) is 0 Å². The van der Waals surface area contributed by atoms with Gasteiger partial charge in [0.05, 0.1) is 30.4 Å². The first-order valence-electron chi connectivity index (χ1n) is 6.50. The highest BCUT2D eigenvalue weighted by Gasteiger charge is 2.24. The Balaban J connectivity index is 1.84. The third kappa shape index (κ3) is 2.48. The monoisotopic (exact) mass is 273 g/mol. The van der Waals surface area contributed by atoms with Crippen molar-refractivity contribution in [1.29, 1.82) is 0 Å². The smallest absolute Gasteiger partial charge is 0.254 e. The summed E-state index contributed by atoms with van der Waals surface area (Å²) in [6, 6.07) is 5.29. The number of carbonyl (C=O) groups is 1. The lowest BCUT2D eigenvalue weighted by molar-refractivity contribution is -0.0447. The number of benzene rings is 1. The maximum atomic E-state index is 12.4. The van der Waals surface area contributed by atoms with Crippen LogP contribution in [0.1, 0.15) is 10.4 Å². The Morgan fingerprint density at radius 3 is 2.95 bits per heavy atom. The van der Waals surface area contributed by atoms with E-state index in [0.717, 1.165) is 5.52 Å². The van der Waals surface area contributed by atoms with Crippen LogP contribution in [0.4, 0.5) is 0 Å². The molecule has 2 heterocycles. The number of morpholine rings is 1. The lowest BCUT2D eigenvalue weighted by Gasteiger charge is -2.32. The summed E-state index contributed by atoms with van der Waals surface area (Å²) in [4.78, 5) is 22.5. The van der Waals surface area contributed by atoms with Crippen LogP contribution in [-0.2, 0) is 4.74 Å². The number of amides is 1. The number of rotatable bonds is 2. The van der Waals surface area contributed by atoms with E-state index in [-0.39, 0.29) is 18.6 Å². The molecular weight excluding hydrogens is 258 g/mol. The van der Waals surface area contributed by atoms with Crippen molar-refractivity contribution in [2.75, 3.05) is 26.3 Å². The summed E-state index contributed by atoms with van der Waals surface area (Å²) < 4.78 is 5.35. The van der Waals surface area contributed by atoms with Gasteiger partial charge in [0.1, 0.15) is 0 Å². The van der Waals surface area contributed by atoms with Crippen molar-refractivity contribution < 1.29 is 14.6 Å². The van der Waals surface area contributed by atoms with E-state index in [4.69, 9.17) is 9.84 Å². The van der Waals surface area contributed by atoms with Gasteiger partial charge in [-0.25, -0.2) is 0 Å². The number of hydrogen-bond acceptors (Lipinski definition) is 5. The maximum Gasteiger partial charge on any atom is 0.254 e. The van der Waals surface area contributed by atoms with Crippen molar-refractivity contribution in [1.82, 2.24) is 14.9 Å². The minimum absolute atomic E-state index is 0.0701. The number of nitrogens with zero attached hydrogens (tertiary/aromatic N) is 3. The highest BCUT2D eigenvalue weighted by molar-refractivity contribution is 5.97. The second kappa shape index (κ2) is 5.52. The molecule has 1 aromatic carbocycles. The van der Waals surface area contributed by atoms with Gasteiger partial charge in [-0.1, -0.05) is 0 Å². The van der Waals surface area contributed by atoms with Crippen molar-refractivity contribution >= 4 is 16.9 Å². The fraction of sp³-hybridized carbons (Fsp3) is 0.357. The first kappa shape index (κ1) is 13.0. The van der Waals surface area contributed by atoms with Crippen LogP contribution in [0.15, 0.2) is 30.6 Å². The number of aromatic nitrogens is 2. The minimum Gasteiger partial charge on any atom is -0.394 e. The van der Waals surface area contributed by atoms with Crippen molar-refractivity contribution in [3.63, 3.8) is 0 Å². The van der Waals surface area contributed by atoms with Gasteiger partial charge in [0.15, 0.2) is 0 Å². The summed E-state index contributed by atoms with van der Waals surface area (Å²) in [5.41, 5.74) is 2.04. The van der Waals surface area contributed by atoms with Gasteiger partial charge < -0.3 is 14.7 Å². The average molecular weight is 273 g/mol. The van der Waals surface area contributed by atoms with Gasteiger partial charge in [-0.15, -0.1) is 0 Å². The summed E-state index contributed by atoms with van der Waals surface area (Å²) in [5.74, 6) is -0.0701. The van der Waals surface area contributed by atoms with Gasteiger partial charge in [0.2, 0.25) is 0 Å². The summed E-state index contributed by atoms with van der Waals surface area (Å²) in [6.45, 7) is 1.32. The molecule has 1 fully saturated rings. The zero-order chi connectivity index (χ0) is 13.9. The molecule has 3 rings (SSSR count). The maximum absolute atomic E-state index is 12.4. The van der Waals surface area contributed by atoms with Crippen LogP contribution in [0.3, 0.4) is 0 Å². The Bertz CT molecular complexity index is 632. The van der Waals surface area contributed by atoms with Gasteiger partial charge in [0.25, 0.3) is 5.91 Å². The van der Waals surface area contributed by atoms with E-state index in [1.807, 2.05) is 0 Å². The van der Waals surface area contributed by atoms with E-state index in [9.17, 15) is 4.79 Å². The summed E-state index contributed by atoms with van der Waals surface area (Å²) in [6.07, 6.45) is 2.93. The summed E-state index contributed by atoms with van der Waals surface area (Å²) in [5, 5.41) is 9.12. The second-order valence-electron chi connectivity index (χ2n) is 4.69. The molecule has 1 atom stereocenters. The highest BCUT2D eigenvalue weighted by atomic mass is 16.5. The molecule has 1 aliphatic heterocycles. The Labute approximate surface area is 116 Å². The SMILES string of the molecule is O=C(c1ccc2nccnc2c1)N1CCOC(CO)C1. The van der Waals surface area contributed by atoms with Crippen molar-refractivity contribution in [2.24, 2.45) is 0 Å². The molecule has 0 aliphatic carbocycles. The fourth-order valence-corrected chi connectivity index (χ4v) is 2.29. The quantitative estimate of drug-likeness (QED) is 0.860. The van der Waals surface area contributed by atoms with Crippen LogP contribution in [-0.4, -0.2) is 58.3 Å². The number of aliphatic hydroxyl groups excluding tert-OH is 1. The molecule has 0 saturated carbocycles. The molecule has 1 saturated heterocycles. The molecule has 1 N–H and O–H groups in total. The lowest BCUT2D eigenvalue weighted by Crippen LogP contribution is -2.46. The number of carbonyl (C=O) groups excluding carboxylic acids is 1. The van der Waals surface area contributed by atoms with Crippen LogP contribution in [0.25, 0.3) is 11.0 Å². The first-order valence-corrected chi connectivity index (χ1v) is 6.50. The lowest BCUT2D eigenvalue weighted by atomic mass is 10.1. The van der Waals surface area contributed by atoms with E-state index < -0.39 is 0 Å². The topological polar surface area (TPSA) is 75.6 Å².